The van der Waals surface area contributed by atoms with E-state index in [1.807, 2.05) is 0 Å². The smallest absolute Gasteiger partial charge is 0.323 e. The molecule has 0 unspecified atom stereocenters. The zero-order valence-corrected chi connectivity index (χ0v) is 7.77. The molecule has 0 radical (unpaired) electrons. The number of carboxylic acids is 1. The highest BCUT2D eigenvalue weighted by atomic mass is 16.4. The second-order valence-electron chi connectivity index (χ2n) is 2.78. The molecule has 1 rings (SSSR count). The summed E-state index contributed by atoms with van der Waals surface area (Å²) in [5.74, 6) is 2.05. The molecule has 0 saturated carbocycles. The predicted molar refractivity (Wildman–Crippen MR) is 53.1 cm³/mol. The van der Waals surface area contributed by atoms with Crippen molar-refractivity contribution in [3.8, 4) is 12.3 Å². The van der Waals surface area contributed by atoms with Crippen LogP contribution in [0.15, 0.2) is 18.2 Å². The number of carbonyl (C=O) groups is 1. The number of anilines is 1. The molecule has 0 fully saturated rings. The Labute approximate surface area is 82.2 Å². The number of aromatic nitrogens is 1. The lowest BCUT2D eigenvalue weighted by atomic mass is 10.3. The molecule has 14 heavy (non-hydrogen) atoms. The Morgan fingerprint density at radius 3 is 3.00 bits per heavy atom. The van der Waals surface area contributed by atoms with Gasteiger partial charge in [0.1, 0.15) is 18.1 Å². The van der Waals surface area contributed by atoms with Crippen molar-refractivity contribution in [2.45, 2.75) is 0 Å². The van der Waals surface area contributed by atoms with Crippen LogP contribution in [0.2, 0.25) is 0 Å². The highest BCUT2D eigenvalue weighted by Crippen LogP contribution is 2.08. The summed E-state index contributed by atoms with van der Waals surface area (Å²) < 4.78 is 0. The number of carboxylic acid groups (broad SMARTS) is 1. The second kappa shape index (κ2) is 4.28. The molecule has 0 atom stereocenters. The zero-order valence-electron chi connectivity index (χ0n) is 7.77. The van der Waals surface area contributed by atoms with Crippen LogP contribution >= 0.6 is 0 Å². The largest absolute Gasteiger partial charge is 0.480 e. The van der Waals surface area contributed by atoms with Crippen LogP contribution < -0.4 is 4.90 Å². The van der Waals surface area contributed by atoms with Gasteiger partial charge in [0.05, 0.1) is 0 Å². The zero-order chi connectivity index (χ0) is 10.6. The normalized spacial score (nSPS) is 9.14. The van der Waals surface area contributed by atoms with E-state index in [2.05, 4.69) is 10.9 Å². The van der Waals surface area contributed by atoms with Gasteiger partial charge in [0.25, 0.3) is 0 Å². The van der Waals surface area contributed by atoms with Gasteiger partial charge in [-0.15, -0.1) is 6.42 Å². The molecule has 72 valence electrons. The molecule has 0 amide bonds. The predicted octanol–water partition coefficient (Wildman–Crippen LogP) is 0.584. The van der Waals surface area contributed by atoms with Crippen molar-refractivity contribution in [2.75, 3.05) is 18.5 Å². The maximum absolute atomic E-state index is 10.4. The summed E-state index contributed by atoms with van der Waals surface area (Å²) in [5.41, 5.74) is 0.500. The van der Waals surface area contributed by atoms with Gasteiger partial charge < -0.3 is 10.0 Å². The Morgan fingerprint density at radius 2 is 2.43 bits per heavy atom. The Bertz CT molecular complexity index is 382. The SMILES string of the molecule is C#Cc1cccc(N(C)CC(=O)O)n1. The van der Waals surface area contributed by atoms with Crippen LogP contribution in [0.4, 0.5) is 5.82 Å². The second-order valence-corrected chi connectivity index (χ2v) is 2.78. The Hall–Kier alpha value is -2.02. The minimum absolute atomic E-state index is 0.0962. The van der Waals surface area contributed by atoms with Crippen molar-refractivity contribution >= 4 is 11.8 Å². The number of likely N-dealkylation sites (N-methyl/N-ethyl adjacent to an activating group) is 1. The lowest BCUT2D eigenvalue weighted by Gasteiger charge is -2.15. The number of hydrogen-bond donors (Lipinski definition) is 1. The molecule has 1 N–H and O–H groups in total. The van der Waals surface area contributed by atoms with Gasteiger partial charge in [0.2, 0.25) is 0 Å². The number of nitrogens with zero attached hydrogens (tertiary/aromatic N) is 2. The average Bonchev–Trinajstić information content (AvgIpc) is 2.17. The summed E-state index contributed by atoms with van der Waals surface area (Å²) in [7, 11) is 1.65. The number of rotatable bonds is 3. The van der Waals surface area contributed by atoms with E-state index in [4.69, 9.17) is 11.5 Å². The molecule has 1 aromatic heterocycles. The van der Waals surface area contributed by atoms with Gasteiger partial charge in [-0.1, -0.05) is 12.0 Å². The molecule has 0 saturated heterocycles. The number of aliphatic carboxylic acids is 1. The van der Waals surface area contributed by atoms with Gasteiger partial charge >= 0.3 is 5.97 Å². The van der Waals surface area contributed by atoms with E-state index in [1.54, 1.807) is 25.2 Å². The van der Waals surface area contributed by atoms with E-state index in [0.29, 0.717) is 11.5 Å². The van der Waals surface area contributed by atoms with Gasteiger partial charge in [-0.25, -0.2) is 4.98 Å². The monoisotopic (exact) mass is 190 g/mol. The fourth-order valence-electron chi connectivity index (χ4n) is 1.00. The molecule has 0 bridgehead atoms. The molecule has 0 aromatic carbocycles. The number of pyridine rings is 1. The highest BCUT2D eigenvalue weighted by molar-refractivity contribution is 5.72. The molecular formula is C10H10N2O2. The van der Waals surface area contributed by atoms with Crippen LogP contribution in [0.3, 0.4) is 0 Å². The summed E-state index contributed by atoms with van der Waals surface area (Å²) in [6.07, 6.45) is 5.17. The van der Waals surface area contributed by atoms with Crippen LogP contribution in [0.1, 0.15) is 5.69 Å². The first-order chi connectivity index (χ1) is 6.63. The maximum Gasteiger partial charge on any atom is 0.323 e. The minimum Gasteiger partial charge on any atom is -0.480 e. The molecule has 0 spiro atoms. The van der Waals surface area contributed by atoms with E-state index >= 15 is 0 Å². The molecular weight excluding hydrogens is 180 g/mol. The van der Waals surface area contributed by atoms with Crippen molar-refractivity contribution in [2.24, 2.45) is 0 Å². The molecule has 4 nitrogen and oxygen atoms in total. The quantitative estimate of drug-likeness (QED) is 0.708. The van der Waals surface area contributed by atoms with E-state index < -0.39 is 5.97 Å². The first-order valence-corrected chi connectivity index (χ1v) is 4.00. The van der Waals surface area contributed by atoms with E-state index in [9.17, 15) is 4.79 Å². The van der Waals surface area contributed by atoms with Crippen molar-refractivity contribution in [3.05, 3.63) is 23.9 Å². The Kier molecular flexibility index (Phi) is 3.08. The average molecular weight is 190 g/mol. The van der Waals surface area contributed by atoms with Crippen LogP contribution in [0.25, 0.3) is 0 Å². The van der Waals surface area contributed by atoms with Crippen LogP contribution in [0.5, 0.6) is 0 Å². The van der Waals surface area contributed by atoms with Crippen molar-refractivity contribution < 1.29 is 9.90 Å². The summed E-state index contributed by atoms with van der Waals surface area (Å²) in [5, 5.41) is 8.56. The van der Waals surface area contributed by atoms with Crippen LogP contribution in [-0.2, 0) is 4.79 Å². The third-order valence-electron chi connectivity index (χ3n) is 1.65. The van der Waals surface area contributed by atoms with Gasteiger partial charge in [-0.3, -0.25) is 4.79 Å². The first kappa shape index (κ1) is 10.1. The molecule has 0 aliphatic rings. The highest BCUT2D eigenvalue weighted by Gasteiger charge is 2.06. The standard InChI is InChI=1S/C10H10N2O2/c1-3-8-5-4-6-9(11-8)12(2)7-10(13)14/h1,4-6H,7H2,2H3,(H,13,14). The summed E-state index contributed by atoms with van der Waals surface area (Å²) in [6, 6.07) is 5.15. The fraction of sp³-hybridized carbons (Fsp3) is 0.200. The fourth-order valence-corrected chi connectivity index (χ4v) is 1.00. The van der Waals surface area contributed by atoms with Crippen molar-refractivity contribution in [1.82, 2.24) is 4.98 Å². The van der Waals surface area contributed by atoms with Gasteiger partial charge in [0.15, 0.2) is 0 Å². The molecule has 0 aliphatic carbocycles. The lowest BCUT2D eigenvalue weighted by molar-refractivity contribution is -0.135. The molecule has 1 aromatic rings. The number of terminal acetylenes is 1. The van der Waals surface area contributed by atoms with Crippen LogP contribution in [0, 0.1) is 12.3 Å². The Balaban J connectivity index is 2.85. The summed E-state index contributed by atoms with van der Waals surface area (Å²) in [4.78, 5) is 16.0. The van der Waals surface area contributed by atoms with Crippen LogP contribution in [-0.4, -0.2) is 29.7 Å². The summed E-state index contributed by atoms with van der Waals surface area (Å²) >= 11 is 0. The maximum atomic E-state index is 10.4. The van der Waals surface area contributed by atoms with Gasteiger partial charge in [0, 0.05) is 7.05 Å². The Morgan fingerprint density at radius 1 is 1.71 bits per heavy atom. The molecule has 4 heteroatoms. The lowest BCUT2D eigenvalue weighted by Crippen LogP contribution is -2.25. The topological polar surface area (TPSA) is 53.4 Å². The minimum atomic E-state index is -0.902. The number of hydrogen-bond acceptors (Lipinski definition) is 3. The van der Waals surface area contributed by atoms with E-state index in [1.165, 1.54) is 4.90 Å². The van der Waals surface area contributed by atoms with Crippen molar-refractivity contribution in [3.63, 3.8) is 0 Å². The first-order valence-electron chi connectivity index (χ1n) is 4.00. The van der Waals surface area contributed by atoms with Gasteiger partial charge in [-0.05, 0) is 12.1 Å². The van der Waals surface area contributed by atoms with Crippen molar-refractivity contribution in [1.29, 1.82) is 0 Å². The van der Waals surface area contributed by atoms with E-state index in [0.717, 1.165) is 0 Å². The molecule has 0 aliphatic heterocycles. The third kappa shape index (κ3) is 2.49. The van der Waals surface area contributed by atoms with Gasteiger partial charge in [-0.2, -0.15) is 0 Å². The van der Waals surface area contributed by atoms with E-state index in [-0.39, 0.29) is 6.54 Å². The summed E-state index contributed by atoms with van der Waals surface area (Å²) in [6.45, 7) is -0.0962. The molecule has 1 heterocycles. The third-order valence-corrected chi connectivity index (χ3v) is 1.65.